The minimum absolute atomic E-state index is 0.362. The Morgan fingerprint density at radius 3 is 2.44 bits per heavy atom. The number of carbonyl (C=O) groups excluding carboxylic acids is 1. The van der Waals surface area contributed by atoms with Gasteiger partial charge in [0.2, 0.25) is 0 Å². The Bertz CT molecular complexity index is 371. The number of carbonyl (C=O) groups is 1. The molecule has 0 saturated carbocycles. The molecule has 0 atom stereocenters. The van der Waals surface area contributed by atoms with Gasteiger partial charge in [0.1, 0.15) is 11.6 Å². The van der Waals surface area contributed by atoms with Crippen molar-refractivity contribution in [2.24, 2.45) is 0 Å². The lowest BCUT2D eigenvalue weighted by molar-refractivity contribution is 0.172. The average Bonchev–Trinajstić information content (AvgIpc) is 2.19. The predicted octanol–water partition coefficient (Wildman–Crippen LogP) is 2.59. The molecule has 1 rings (SSSR count). The van der Waals surface area contributed by atoms with Gasteiger partial charge in [0, 0.05) is 5.54 Å². The highest BCUT2D eigenvalue weighted by Crippen LogP contribution is 2.22. The van der Waals surface area contributed by atoms with Crippen LogP contribution in [0.15, 0.2) is 18.3 Å². The molecule has 0 fully saturated rings. The Morgan fingerprint density at radius 1 is 1.44 bits per heavy atom. The molecule has 5 heteroatoms. The summed E-state index contributed by atoms with van der Waals surface area (Å²) in [5.74, 6) is -0.0803. The van der Waals surface area contributed by atoms with E-state index in [0.29, 0.717) is 5.82 Å². The largest absolute Gasteiger partial charge is 0.452 e. The summed E-state index contributed by atoms with van der Waals surface area (Å²) in [4.78, 5) is 16.8. The van der Waals surface area contributed by atoms with E-state index in [9.17, 15) is 9.18 Å². The number of hydrogen-bond donors (Lipinski definition) is 0. The van der Waals surface area contributed by atoms with Gasteiger partial charge in [0.05, 0.1) is 13.3 Å². The van der Waals surface area contributed by atoms with Crippen LogP contribution >= 0.6 is 0 Å². The Labute approximate surface area is 94.0 Å². The van der Waals surface area contributed by atoms with Crippen LogP contribution in [0.1, 0.15) is 20.8 Å². The van der Waals surface area contributed by atoms with Crippen LogP contribution in [-0.4, -0.2) is 23.7 Å². The number of hydrogen-bond acceptors (Lipinski definition) is 3. The molecule has 0 unspecified atom stereocenters. The van der Waals surface area contributed by atoms with Crippen molar-refractivity contribution >= 4 is 11.9 Å². The van der Waals surface area contributed by atoms with Crippen LogP contribution in [-0.2, 0) is 4.74 Å². The number of rotatable bonds is 1. The molecule has 0 aliphatic carbocycles. The van der Waals surface area contributed by atoms with Gasteiger partial charge in [-0.05, 0) is 32.9 Å². The first-order valence-electron chi connectivity index (χ1n) is 4.86. The fourth-order valence-corrected chi connectivity index (χ4v) is 1.30. The summed E-state index contributed by atoms with van der Waals surface area (Å²) in [5, 5.41) is 0. The van der Waals surface area contributed by atoms with E-state index in [2.05, 4.69) is 9.72 Å². The van der Waals surface area contributed by atoms with Crippen LogP contribution in [0.2, 0.25) is 0 Å². The van der Waals surface area contributed by atoms with Crippen molar-refractivity contribution in [2.75, 3.05) is 12.0 Å². The number of methoxy groups -OCH3 is 1. The van der Waals surface area contributed by atoms with E-state index in [4.69, 9.17) is 0 Å². The molecule has 16 heavy (non-hydrogen) atoms. The molecule has 0 N–H and O–H groups in total. The summed E-state index contributed by atoms with van der Waals surface area (Å²) in [6, 6.07) is 2.70. The quantitative estimate of drug-likeness (QED) is 0.739. The minimum atomic E-state index is -0.522. The number of nitrogens with zero attached hydrogens (tertiary/aromatic N) is 2. The fourth-order valence-electron chi connectivity index (χ4n) is 1.30. The summed E-state index contributed by atoms with van der Waals surface area (Å²) in [6.07, 6.45) is 0.545. The third-order valence-electron chi connectivity index (χ3n) is 1.97. The zero-order chi connectivity index (χ0) is 12.3. The zero-order valence-corrected chi connectivity index (χ0v) is 9.82. The number of halogens is 1. The van der Waals surface area contributed by atoms with Crippen LogP contribution in [0.4, 0.5) is 15.0 Å². The highest BCUT2D eigenvalue weighted by molar-refractivity contribution is 5.87. The molecule has 0 aliphatic rings. The van der Waals surface area contributed by atoms with Gasteiger partial charge in [-0.25, -0.2) is 14.2 Å². The normalized spacial score (nSPS) is 11.1. The van der Waals surface area contributed by atoms with E-state index in [0.717, 1.165) is 6.20 Å². The number of aromatic nitrogens is 1. The molecular formula is C11H15FN2O2. The number of ether oxygens (including phenoxy) is 1. The predicted molar refractivity (Wildman–Crippen MR) is 58.8 cm³/mol. The fraction of sp³-hybridized carbons (Fsp3) is 0.455. The Balaban J connectivity index is 3.11. The SMILES string of the molecule is COC(=O)N(c1ccc(F)cn1)C(C)(C)C. The van der Waals surface area contributed by atoms with Gasteiger partial charge in [0.25, 0.3) is 0 Å². The van der Waals surface area contributed by atoms with Gasteiger partial charge in [-0.15, -0.1) is 0 Å². The topological polar surface area (TPSA) is 42.4 Å². The summed E-state index contributed by atoms with van der Waals surface area (Å²) >= 11 is 0. The van der Waals surface area contributed by atoms with Crippen LogP contribution in [0.25, 0.3) is 0 Å². The zero-order valence-electron chi connectivity index (χ0n) is 9.82. The highest BCUT2D eigenvalue weighted by atomic mass is 19.1. The second-order valence-corrected chi connectivity index (χ2v) is 4.31. The van der Waals surface area contributed by atoms with E-state index in [1.165, 1.54) is 24.1 Å². The molecule has 0 aromatic carbocycles. The van der Waals surface area contributed by atoms with Crippen LogP contribution < -0.4 is 4.90 Å². The average molecular weight is 226 g/mol. The van der Waals surface area contributed by atoms with E-state index < -0.39 is 17.4 Å². The molecule has 0 spiro atoms. The third kappa shape index (κ3) is 2.68. The molecule has 1 amide bonds. The minimum Gasteiger partial charge on any atom is -0.452 e. The number of pyridine rings is 1. The van der Waals surface area contributed by atoms with E-state index >= 15 is 0 Å². The summed E-state index contributed by atoms with van der Waals surface area (Å²) in [6.45, 7) is 5.53. The first-order chi connectivity index (χ1) is 7.36. The van der Waals surface area contributed by atoms with Gasteiger partial charge < -0.3 is 4.74 Å². The van der Waals surface area contributed by atoms with Crippen molar-refractivity contribution < 1.29 is 13.9 Å². The maximum absolute atomic E-state index is 12.7. The second-order valence-electron chi connectivity index (χ2n) is 4.31. The van der Waals surface area contributed by atoms with E-state index in [1.54, 1.807) is 0 Å². The lowest BCUT2D eigenvalue weighted by Gasteiger charge is -2.33. The van der Waals surface area contributed by atoms with Crippen molar-refractivity contribution in [1.82, 2.24) is 4.98 Å². The van der Waals surface area contributed by atoms with E-state index in [-0.39, 0.29) is 0 Å². The second kappa shape index (κ2) is 4.47. The molecule has 1 aromatic heterocycles. The molecular weight excluding hydrogens is 211 g/mol. The lowest BCUT2D eigenvalue weighted by Crippen LogP contribution is -2.46. The molecule has 88 valence electrons. The first-order valence-corrected chi connectivity index (χ1v) is 4.86. The molecule has 1 aromatic rings. The van der Waals surface area contributed by atoms with Gasteiger partial charge in [-0.3, -0.25) is 4.90 Å². The molecule has 4 nitrogen and oxygen atoms in total. The molecule has 0 aliphatic heterocycles. The summed E-state index contributed by atoms with van der Waals surface area (Å²) < 4.78 is 17.4. The van der Waals surface area contributed by atoms with Gasteiger partial charge in [-0.2, -0.15) is 0 Å². The standard InChI is InChI=1S/C11H15FN2O2/c1-11(2,3)14(10(15)16-4)9-6-5-8(12)7-13-9/h5-7H,1-4H3. The molecule has 0 radical (unpaired) electrons. The number of amides is 1. The Kier molecular flexibility index (Phi) is 3.47. The van der Waals surface area contributed by atoms with Crippen molar-refractivity contribution in [1.29, 1.82) is 0 Å². The van der Waals surface area contributed by atoms with E-state index in [1.807, 2.05) is 20.8 Å². The molecule has 0 bridgehead atoms. The summed E-state index contributed by atoms with van der Waals surface area (Å²) in [7, 11) is 1.30. The maximum Gasteiger partial charge on any atom is 0.415 e. The molecule has 1 heterocycles. The smallest absolute Gasteiger partial charge is 0.415 e. The highest BCUT2D eigenvalue weighted by Gasteiger charge is 2.29. The van der Waals surface area contributed by atoms with Crippen LogP contribution in [0.5, 0.6) is 0 Å². The first kappa shape index (κ1) is 12.4. The Hall–Kier alpha value is -1.65. The van der Waals surface area contributed by atoms with Crippen LogP contribution in [0, 0.1) is 5.82 Å². The molecule has 0 saturated heterocycles. The van der Waals surface area contributed by atoms with Gasteiger partial charge >= 0.3 is 6.09 Å². The monoisotopic (exact) mass is 226 g/mol. The van der Waals surface area contributed by atoms with Gasteiger partial charge in [0.15, 0.2) is 0 Å². The van der Waals surface area contributed by atoms with Crippen molar-refractivity contribution in [3.05, 3.63) is 24.1 Å². The Morgan fingerprint density at radius 2 is 2.06 bits per heavy atom. The van der Waals surface area contributed by atoms with Crippen molar-refractivity contribution in [3.8, 4) is 0 Å². The third-order valence-corrected chi connectivity index (χ3v) is 1.97. The summed E-state index contributed by atoms with van der Waals surface area (Å²) in [5.41, 5.74) is -0.488. The van der Waals surface area contributed by atoms with Gasteiger partial charge in [-0.1, -0.05) is 0 Å². The number of anilines is 1. The van der Waals surface area contributed by atoms with Crippen molar-refractivity contribution in [2.45, 2.75) is 26.3 Å². The van der Waals surface area contributed by atoms with Crippen LogP contribution in [0.3, 0.4) is 0 Å². The van der Waals surface area contributed by atoms with Crippen molar-refractivity contribution in [3.63, 3.8) is 0 Å². The lowest BCUT2D eigenvalue weighted by atomic mass is 10.1. The maximum atomic E-state index is 12.7.